The molecule has 0 saturated heterocycles. The number of benzene rings is 2. The molecule has 1 aliphatic rings. The summed E-state index contributed by atoms with van der Waals surface area (Å²) in [7, 11) is 3.09. The Morgan fingerprint density at radius 3 is 2.44 bits per heavy atom. The molecular weight excluding hydrogens is 410 g/mol. The maximum absolute atomic E-state index is 12.7. The Bertz CT molecular complexity index is 1010. The summed E-state index contributed by atoms with van der Waals surface area (Å²) in [5.41, 5.74) is 2.26. The monoisotopic (exact) mass is 441 g/mol. The number of amides is 1. The summed E-state index contributed by atoms with van der Waals surface area (Å²) in [6, 6.07) is 9.26. The summed E-state index contributed by atoms with van der Waals surface area (Å²) >= 11 is 0. The molecule has 7 heteroatoms. The average molecular weight is 442 g/mol. The van der Waals surface area contributed by atoms with Gasteiger partial charge in [-0.1, -0.05) is 19.1 Å². The number of carbonyl (C=O) groups is 2. The van der Waals surface area contributed by atoms with Crippen LogP contribution in [0, 0.1) is 5.41 Å². The molecule has 0 saturated carbocycles. The minimum Gasteiger partial charge on any atom is -0.493 e. The maximum Gasteiger partial charge on any atom is 0.315 e. The summed E-state index contributed by atoms with van der Waals surface area (Å²) in [5.74, 6) is 0.951. The van der Waals surface area contributed by atoms with Gasteiger partial charge < -0.3 is 24.3 Å². The number of hydrogen-bond acceptors (Lipinski definition) is 6. The minimum atomic E-state index is -0.884. The lowest BCUT2D eigenvalue weighted by Crippen LogP contribution is -2.35. The third-order valence-electron chi connectivity index (χ3n) is 5.65. The van der Waals surface area contributed by atoms with Gasteiger partial charge in [0.15, 0.2) is 11.5 Å². The molecule has 0 spiro atoms. The number of hydrogen-bond donors (Lipinski definition) is 1. The Kier molecular flexibility index (Phi) is 6.96. The summed E-state index contributed by atoms with van der Waals surface area (Å²) < 4.78 is 22.8. The van der Waals surface area contributed by atoms with E-state index in [-0.39, 0.29) is 24.6 Å². The Morgan fingerprint density at radius 1 is 1.06 bits per heavy atom. The molecule has 32 heavy (non-hydrogen) atoms. The van der Waals surface area contributed by atoms with Gasteiger partial charge in [-0.15, -0.1) is 0 Å². The molecular formula is C25H31NO6. The molecule has 7 nitrogen and oxygen atoms in total. The topological polar surface area (TPSA) is 83.1 Å². The predicted molar refractivity (Wildman–Crippen MR) is 121 cm³/mol. The first-order valence-electron chi connectivity index (χ1n) is 10.7. The number of carbonyl (C=O) groups excluding carboxylic acids is 2. The van der Waals surface area contributed by atoms with E-state index in [1.165, 1.54) is 7.11 Å². The third kappa shape index (κ3) is 4.52. The van der Waals surface area contributed by atoms with Crippen molar-refractivity contribution in [3.8, 4) is 28.4 Å². The van der Waals surface area contributed by atoms with Crippen LogP contribution in [0.4, 0.5) is 0 Å². The van der Waals surface area contributed by atoms with Gasteiger partial charge in [0.25, 0.3) is 5.91 Å². The molecule has 172 valence electrons. The predicted octanol–water partition coefficient (Wildman–Crippen LogP) is 4.36. The highest BCUT2D eigenvalue weighted by atomic mass is 16.6. The van der Waals surface area contributed by atoms with Crippen LogP contribution >= 0.6 is 0 Å². The third-order valence-corrected chi connectivity index (χ3v) is 5.65. The van der Waals surface area contributed by atoms with E-state index in [1.54, 1.807) is 33.1 Å². The van der Waals surface area contributed by atoms with E-state index in [2.05, 4.69) is 5.32 Å². The molecule has 1 amide bonds. The molecule has 0 fully saturated rings. The first-order chi connectivity index (χ1) is 15.2. The van der Waals surface area contributed by atoms with Crippen LogP contribution in [-0.2, 0) is 16.1 Å². The van der Waals surface area contributed by atoms with Crippen molar-refractivity contribution in [1.29, 1.82) is 0 Å². The van der Waals surface area contributed by atoms with Crippen LogP contribution in [0.25, 0.3) is 11.1 Å². The van der Waals surface area contributed by atoms with Crippen LogP contribution < -0.4 is 19.5 Å². The zero-order chi connectivity index (χ0) is 23.5. The molecule has 0 aromatic heterocycles. The van der Waals surface area contributed by atoms with Crippen molar-refractivity contribution < 1.29 is 28.5 Å². The van der Waals surface area contributed by atoms with Gasteiger partial charge in [-0.3, -0.25) is 9.59 Å². The minimum absolute atomic E-state index is 0.0744. The van der Waals surface area contributed by atoms with Crippen LogP contribution in [0.2, 0.25) is 0 Å². The first kappa shape index (κ1) is 23.4. The zero-order valence-electron chi connectivity index (χ0n) is 19.5. The second-order valence-corrected chi connectivity index (χ2v) is 8.49. The fourth-order valence-corrected chi connectivity index (χ4v) is 3.50. The number of esters is 1. The van der Waals surface area contributed by atoms with Crippen molar-refractivity contribution in [3.63, 3.8) is 0 Å². The molecule has 3 rings (SSSR count). The van der Waals surface area contributed by atoms with E-state index in [9.17, 15) is 9.59 Å². The van der Waals surface area contributed by atoms with Crippen molar-refractivity contribution >= 4 is 11.9 Å². The number of rotatable bonds is 9. The smallest absolute Gasteiger partial charge is 0.315 e. The van der Waals surface area contributed by atoms with Crippen molar-refractivity contribution in [2.45, 2.75) is 46.8 Å². The fraction of sp³-hybridized carbons (Fsp3) is 0.440. The maximum atomic E-state index is 12.7. The second kappa shape index (κ2) is 9.51. The normalized spacial score (nSPS) is 13.8. The molecule has 0 radical (unpaired) electrons. The number of fused-ring (bicyclic) bond motifs is 1. The molecule has 0 bridgehead atoms. The van der Waals surface area contributed by atoms with E-state index in [4.69, 9.17) is 18.9 Å². The molecule has 1 aliphatic heterocycles. The summed E-state index contributed by atoms with van der Waals surface area (Å²) in [6.07, 6.45) is 0.572. The fourth-order valence-electron chi connectivity index (χ4n) is 3.50. The van der Waals surface area contributed by atoms with Crippen molar-refractivity contribution in [2.24, 2.45) is 5.41 Å². The number of ether oxygens (including phenoxy) is 4. The summed E-state index contributed by atoms with van der Waals surface area (Å²) in [6.45, 7) is 7.91. The van der Waals surface area contributed by atoms with E-state index in [1.807, 2.05) is 32.0 Å². The van der Waals surface area contributed by atoms with E-state index < -0.39 is 5.41 Å². The number of methoxy groups -OCH3 is 2. The Morgan fingerprint density at radius 2 is 1.78 bits per heavy atom. The molecule has 1 N–H and O–H groups in total. The van der Waals surface area contributed by atoms with Crippen molar-refractivity contribution in [3.05, 3.63) is 41.5 Å². The largest absolute Gasteiger partial charge is 0.493 e. The van der Waals surface area contributed by atoms with E-state index in [0.717, 1.165) is 23.1 Å². The van der Waals surface area contributed by atoms with Crippen LogP contribution in [0.15, 0.2) is 30.3 Å². The summed E-state index contributed by atoms with van der Waals surface area (Å²) in [4.78, 5) is 24.8. The van der Waals surface area contributed by atoms with Crippen molar-refractivity contribution in [2.75, 3.05) is 20.8 Å². The number of nitrogens with one attached hydrogen (secondary N) is 1. The Labute approximate surface area is 189 Å². The lowest BCUT2D eigenvalue weighted by molar-refractivity contribution is -0.160. The SMILES string of the molecule is CC[C@@H](C)OC(=O)C(C)(C)COc1c(-c2cccc3c2CNC3=O)ccc(OC)c1OC. The van der Waals surface area contributed by atoms with Gasteiger partial charge in [-0.05, 0) is 56.5 Å². The standard InChI is InChI=1S/C25H31NO6/c1-7-15(2)32-24(28)25(3,4)14-31-21-17(11-12-20(29-5)22(21)30-6)16-9-8-10-18-19(16)13-26-23(18)27/h8-12,15H,7,13-14H2,1-6H3,(H,26,27)/t15-/m1/s1. The zero-order valence-corrected chi connectivity index (χ0v) is 19.5. The van der Waals surface area contributed by atoms with Crippen LogP contribution in [0.1, 0.15) is 50.0 Å². The van der Waals surface area contributed by atoms with Gasteiger partial charge >= 0.3 is 5.97 Å². The summed E-state index contributed by atoms with van der Waals surface area (Å²) in [5, 5.41) is 2.86. The Balaban J connectivity index is 2.02. The first-order valence-corrected chi connectivity index (χ1v) is 10.7. The van der Waals surface area contributed by atoms with Crippen molar-refractivity contribution in [1.82, 2.24) is 5.32 Å². The lowest BCUT2D eigenvalue weighted by atomic mass is 9.94. The quantitative estimate of drug-likeness (QED) is 0.582. The second-order valence-electron chi connectivity index (χ2n) is 8.49. The molecule has 2 aromatic rings. The highest BCUT2D eigenvalue weighted by Crippen LogP contribution is 2.46. The van der Waals surface area contributed by atoms with Gasteiger partial charge in [-0.25, -0.2) is 0 Å². The lowest BCUT2D eigenvalue weighted by Gasteiger charge is -2.26. The Hall–Kier alpha value is -3.22. The average Bonchev–Trinajstić information content (AvgIpc) is 3.17. The van der Waals surface area contributed by atoms with E-state index in [0.29, 0.717) is 29.4 Å². The highest BCUT2D eigenvalue weighted by molar-refractivity contribution is 6.01. The molecule has 1 heterocycles. The highest BCUT2D eigenvalue weighted by Gasteiger charge is 2.33. The van der Waals surface area contributed by atoms with Gasteiger partial charge in [-0.2, -0.15) is 0 Å². The van der Waals surface area contributed by atoms with Gasteiger partial charge in [0, 0.05) is 17.7 Å². The van der Waals surface area contributed by atoms with Crippen LogP contribution in [0.3, 0.4) is 0 Å². The van der Waals surface area contributed by atoms with Gasteiger partial charge in [0.05, 0.1) is 25.7 Å². The molecule has 2 aromatic carbocycles. The molecule has 0 aliphatic carbocycles. The van der Waals surface area contributed by atoms with Gasteiger partial charge in [0.2, 0.25) is 5.75 Å². The van der Waals surface area contributed by atoms with Crippen LogP contribution in [-0.4, -0.2) is 38.8 Å². The van der Waals surface area contributed by atoms with Crippen LogP contribution in [0.5, 0.6) is 17.2 Å². The molecule has 0 unspecified atom stereocenters. The molecule has 1 atom stereocenters. The van der Waals surface area contributed by atoms with E-state index >= 15 is 0 Å². The van der Waals surface area contributed by atoms with Gasteiger partial charge in [0.1, 0.15) is 6.61 Å².